The van der Waals surface area contributed by atoms with Gasteiger partial charge in [-0.15, -0.1) is 0 Å². The van der Waals surface area contributed by atoms with Crippen LogP contribution in [0, 0.1) is 6.92 Å². The van der Waals surface area contributed by atoms with Gasteiger partial charge in [0.25, 0.3) is 0 Å². The molecule has 1 aromatic rings. The molecule has 0 bridgehead atoms. The van der Waals surface area contributed by atoms with Crippen LogP contribution in [0.2, 0.25) is 0 Å². The quantitative estimate of drug-likeness (QED) is 0.783. The van der Waals surface area contributed by atoms with Gasteiger partial charge in [-0.25, -0.2) is 8.42 Å². The second-order valence-electron chi connectivity index (χ2n) is 5.04. The number of aliphatic hydroxyl groups excluding tert-OH is 1. The Morgan fingerprint density at radius 3 is 2.60 bits per heavy atom. The van der Waals surface area contributed by atoms with E-state index in [0.717, 1.165) is 19.3 Å². The molecule has 1 aliphatic rings. The maximum atomic E-state index is 12.8. The van der Waals surface area contributed by atoms with E-state index in [-0.39, 0.29) is 24.1 Å². The van der Waals surface area contributed by atoms with Gasteiger partial charge in [-0.2, -0.15) is 4.31 Å². The first-order valence-corrected chi connectivity index (χ1v) is 8.79. The van der Waals surface area contributed by atoms with Crippen LogP contribution < -0.4 is 5.73 Å². The number of nitrogens with zero attached hydrogens (tertiary/aromatic N) is 1. The van der Waals surface area contributed by atoms with Crippen molar-refractivity contribution in [1.29, 1.82) is 0 Å². The van der Waals surface area contributed by atoms with Crippen LogP contribution in [0.15, 0.2) is 21.5 Å². The van der Waals surface area contributed by atoms with Gasteiger partial charge in [-0.05, 0) is 37.5 Å². The minimum Gasteiger partial charge on any atom is -0.398 e. The summed E-state index contributed by atoms with van der Waals surface area (Å²) in [7, 11) is -3.64. The number of nitrogens with two attached hydrogens (primary N) is 1. The summed E-state index contributed by atoms with van der Waals surface area (Å²) in [5, 5.41) is 9.15. The van der Waals surface area contributed by atoms with Gasteiger partial charge in [0.2, 0.25) is 10.0 Å². The van der Waals surface area contributed by atoms with Crippen molar-refractivity contribution in [2.45, 2.75) is 37.1 Å². The Bertz CT molecular complexity index is 600. The van der Waals surface area contributed by atoms with Crippen LogP contribution in [0.5, 0.6) is 0 Å². The van der Waals surface area contributed by atoms with E-state index in [9.17, 15) is 8.42 Å². The van der Waals surface area contributed by atoms with Gasteiger partial charge in [0.1, 0.15) is 0 Å². The molecule has 1 aliphatic carbocycles. The molecular formula is C13H19BrN2O3S. The van der Waals surface area contributed by atoms with Crippen LogP contribution in [0.4, 0.5) is 5.69 Å². The van der Waals surface area contributed by atoms with Crippen molar-refractivity contribution < 1.29 is 13.5 Å². The summed E-state index contributed by atoms with van der Waals surface area (Å²) in [5.41, 5.74) is 6.84. The minimum absolute atomic E-state index is 0.00763. The van der Waals surface area contributed by atoms with Crippen molar-refractivity contribution in [3.05, 3.63) is 22.2 Å². The zero-order chi connectivity index (χ0) is 14.9. The first kappa shape index (κ1) is 15.8. The van der Waals surface area contributed by atoms with Gasteiger partial charge in [0.05, 0.1) is 11.5 Å². The van der Waals surface area contributed by atoms with Gasteiger partial charge in [-0.3, -0.25) is 0 Å². The van der Waals surface area contributed by atoms with Crippen LogP contribution in [0.1, 0.15) is 24.8 Å². The Labute approximate surface area is 128 Å². The normalized spacial score (nSPS) is 16.4. The zero-order valence-electron chi connectivity index (χ0n) is 11.3. The van der Waals surface area contributed by atoms with Crippen molar-refractivity contribution in [3.8, 4) is 0 Å². The molecule has 5 nitrogen and oxygen atoms in total. The molecule has 112 valence electrons. The third-order valence-corrected chi connectivity index (χ3v) is 6.29. The molecule has 1 aromatic carbocycles. The van der Waals surface area contributed by atoms with E-state index in [1.165, 1.54) is 4.31 Å². The van der Waals surface area contributed by atoms with E-state index in [2.05, 4.69) is 15.9 Å². The van der Waals surface area contributed by atoms with E-state index in [1.54, 1.807) is 19.1 Å². The van der Waals surface area contributed by atoms with Crippen molar-refractivity contribution in [1.82, 2.24) is 4.31 Å². The summed E-state index contributed by atoms with van der Waals surface area (Å²) in [6.45, 7) is 1.64. The predicted octanol–water partition coefficient (Wildman–Crippen LogP) is 1.88. The SMILES string of the molecule is Cc1c(N)cc(Br)cc1S(=O)(=O)N(CCO)C1CCC1. The number of rotatable bonds is 5. The number of hydrogen-bond donors (Lipinski definition) is 2. The largest absolute Gasteiger partial charge is 0.398 e. The van der Waals surface area contributed by atoms with Crippen LogP contribution in [0.25, 0.3) is 0 Å². The van der Waals surface area contributed by atoms with E-state index in [0.29, 0.717) is 15.7 Å². The van der Waals surface area contributed by atoms with Crippen molar-refractivity contribution >= 4 is 31.6 Å². The molecule has 20 heavy (non-hydrogen) atoms. The second-order valence-corrected chi connectivity index (χ2v) is 7.82. The number of aliphatic hydroxyl groups is 1. The Morgan fingerprint density at radius 1 is 1.45 bits per heavy atom. The highest BCUT2D eigenvalue weighted by atomic mass is 79.9. The first-order valence-electron chi connectivity index (χ1n) is 6.56. The summed E-state index contributed by atoms with van der Waals surface area (Å²) in [4.78, 5) is 0.213. The lowest BCUT2D eigenvalue weighted by Gasteiger charge is -2.36. The highest BCUT2D eigenvalue weighted by Gasteiger charge is 2.35. The molecule has 0 atom stereocenters. The Morgan fingerprint density at radius 2 is 2.10 bits per heavy atom. The molecule has 0 radical (unpaired) electrons. The Balaban J connectivity index is 2.47. The highest BCUT2D eigenvalue weighted by molar-refractivity contribution is 9.10. The minimum atomic E-state index is -3.64. The molecule has 1 saturated carbocycles. The van der Waals surface area contributed by atoms with E-state index in [1.807, 2.05) is 0 Å². The second kappa shape index (κ2) is 6.01. The number of sulfonamides is 1. The molecule has 0 spiro atoms. The van der Waals surface area contributed by atoms with Crippen LogP contribution >= 0.6 is 15.9 Å². The van der Waals surface area contributed by atoms with Crippen molar-refractivity contribution in [2.24, 2.45) is 0 Å². The van der Waals surface area contributed by atoms with Gasteiger partial charge in [-0.1, -0.05) is 22.4 Å². The molecule has 0 amide bonds. The van der Waals surface area contributed by atoms with Crippen molar-refractivity contribution in [3.63, 3.8) is 0 Å². The smallest absolute Gasteiger partial charge is 0.243 e. The van der Waals surface area contributed by atoms with E-state index < -0.39 is 10.0 Å². The fraction of sp³-hybridized carbons (Fsp3) is 0.538. The third kappa shape index (κ3) is 2.86. The summed E-state index contributed by atoms with van der Waals surface area (Å²) >= 11 is 3.28. The lowest BCUT2D eigenvalue weighted by molar-refractivity contribution is 0.178. The van der Waals surface area contributed by atoms with E-state index in [4.69, 9.17) is 10.8 Å². The molecule has 0 aromatic heterocycles. The topological polar surface area (TPSA) is 83.6 Å². The maximum Gasteiger partial charge on any atom is 0.243 e. The maximum absolute atomic E-state index is 12.8. The first-order chi connectivity index (χ1) is 9.37. The Kier molecular flexibility index (Phi) is 4.73. The van der Waals surface area contributed by atoms with Crippen LogP contribution in [-0.4, -0.2) is 37.0 Å². The van der Waals surface area contributed by atoms with Crippen LogP contribution in [-0.2, 0) is 10.0 Å². The summed E-state index contributed by atoms with van der Waals surface area (Å²) < 4.78 is 27.7. The third-order valence-electron chi connectivity index (χ3n) is 3.75. The molecule has 1 fully saturated rings. The average Bonchev–Trinajstić information content (AvgIpc) is 2.30. The molecule has 7 heteroatoms. The zero-order valence-corrected chi connectivity index (χ0v) is 13.7. The lowest BCUT2D eigenvalue weighted by Crippen LogP contribution is -2.45. The standard InChI is InChI=1S/C13H19BrN2O3S/c1-9-12(15)7-10(14)8-13(9)20(18,19)16(5-6-17)11-3-2-4-11/h7-8,11,17H,2-6,15H2,1H3. The fourth-order valence-corrected chi connectivity index (χ4v) is 4.93. The molecular weight excluding hydrogens is 344 g/mol. The number of nitrogen functional groups attached to an aromatic ring is 1. The summed E-state index contributed by atoms with van der Waals surface area (Å²) in [6.07, 6.45) is 2.73. The lowest BCUT2D eigenvalue weighted by atomic mass is 9.93. The van der Waals surface area contributed by atoms with E-state index >= 15 is 0 Å². The van der Waals surface area contributed by atoms with Gasteiger partial charge < -0.3 is 10.8 Å². The Hall–Kier alpha value is -0.630. The van der Waals surface area contributed by atoms with Crippen LogP contribution in [0.3, 0.4) is 0 Å². The monoisotopic (exact) mass is 362 g/mol. The average molecular weight is 363 g/mol. The number of halogens is 1. The number of anilines is 1. The molecule has 0 saturated heterocycles. The van der Waals surface area contributed by atoms with Gasteiger partial charge >= 0.3 is 0 Å². The highest BCUT2D eigenvalue weighted by Crippen LogP contribution is 2.33. The van der Waals surface area contributed by atoms with Gasteiger partial charge in [0, 0.05) is 22.7 Å². The molecule has 0 unspecified atom stereocenters. The number of hydrogen-bond acceptors (Lipinski definition) is 4. The summed E-state index contributed by atoms with van der Waals surface area (Å²) in [6, 6.07) is 3.25. The fourth-order valence-electron chi connectivity index (χ4n) is 2.34. The van der Waals surface area contributed by atoms with Crippen molar-refractivity contribution in [2.75, 3.05) is 18.9 Å². The number of benzene rings is 1. The molecule has 0 heterocycles. The van der Waals surface area contributed by atoms with Gasteiger partial charge in [0.15, 0.2) is 0 Å². The predicted molar refractivity (Wildman–Crippen MR) is 81.9 cm³/mol. The molecule has 3 N–H and O–H groups in total. The molecule has 2 rings (SSSR count). The molecule has 0 aliphatic heterocycles. The summed E-state index contributed by atoms with van der Waals surface area (Å²) in [5.74, 6) is 0.